The molecule has 0 heterocycles. The van der Waals surface area contributed by atoms with Crippen molar-refractivity contribution in [2.24, 2.45) is 0 Å². The van der Waals surface area contributed by atoms with Crippen LogP contribution in [0.2, 0.25) is 5.02 Å². The van der Waals surface area contributed by atoms with Gasteiger partial charge in [0.1, 0.15) is 5.60 Å². The van der Waals surface area contributed by atoms with Crippen LogP contribution in [0.5, 0.6) is 0 Å². The van der Waals surface area contributed by atoms with E-state index in [0.29, 0.717) is 17.9 Å². The first-order chi connectivity index (χ1) is 9.30. The van der Waals surface area contributed by atoms with Gasteiger partial charge in [-0.2, -0.15) is 0 Å². The van der Waals surface area contributed by atoms with Crippen LogP contribution in [-0.2, 0) is 11.2 Å². The lowest BCUT2D eigenvalue weighted by atomic mass is 10.0. The van der Waals surface area contributed by atoms with Gasteiger partial charge in [-0.3, -0.25) is 0 Å². The summed E-state index contributed by atoms with van der Waals surface area (Å²) in [6, 6.07) is 7.55. The molecule has 0 spiro atoms. The van der Waals surface area contributed by atoms with Crippen molar-refractivity contribution in [1.82, 2.24) is 5.32 Å². The van der Waals surface area contributed by atoms with Crippen molar-refractivity contribution in [3.05, 3.63) is 47.5 Å². The summed E-state index contributed by atoms with van der Waals surface area (Å²) in [4.78, 5) is 11.8. The maximum absolute atomic E-state index is 11.8. The lowest BCUT2D eigenvalue weighted by Gasteiger charge is -2.23. The summed E-state index contributed by atoms with van der Waals surface area (Å²) >= 11 is 5.86. The number of hydrogen-bond donors (Lipinski definition) is 1. The molecule has 1 unspecified atom stereocenters. The van der Waals surface area contributed by atoms with Crippen LogP contribution in [0.15, 0.2) is 36.9 Å². The largest absolute Gasteiger partial charge is 0.444 e. The minimum atomic E-state index is -0.497. The third kappa shape index (κ3) is 6.62. The average Bonchev–Trinajstić information content (AvgIpc) is 2.30. The molecule has 4 heteroatoms. The molecular formula is C16H22ClNO2. The van der Waals surface area contributed by atoms with Crippen molar-refractivity contribution in [2.75, 3.05) is 0 Å². The zero-order valence-corrected chi connectivity index (χ0v) is 13.0. The monoisotopic (exact) mass is 295 g/mol. The number of hydrogen-bond acceptors (Lipinski definition) is 2. The van der Waals surface area contributed by atoms with E-state index in [-0.39, 0.29) is 6.04 Å². The van der Waals surface area contributed by atoms with E-state index in [2.05, 4.69) is 11.9 Å². The van der Waals surface area contributed by atoms with Gasteiger partial charge in [-0.15, -0.1) is 6.58 Å². The van der Waals surface area contributed by atoms with Gasteiger partial charge in [0.25, 0.3) is 0 Å². The SMILES string of the molecule is C=CCC(Cc1ccc(Cl)cc1)NC(=O)OC(C)(C)C. The average molecular weight is 296 g/mol. The number of halogens is 1. The number of ether oxygens (including phenoxy) is 1. The van der Waals surface area contributed by atoms with E-state index in [9.17, 15) is 4.79 Å². The van der Waals surface area contributed by atoms with Crippen molar-refractivity contribution in [3.63, 3.8) is 0 Å². The van der Waals surface area contributed by atoms with E-state index in [4.69, 9.17) is 16.3 Å². The lowest BCUT2D eigenvalue weighted by Crippen LogP contribution is -2.40. The Morgan fingerprint density at radius 2 is 2.00 bits per heavy atom. The first-order valence-corrected chi connectivity index (χ1v) is 7.03. The molecule has 1 atom stereocenters. The van der Waals surface area contributed by atoms with Gasteiger partial charge in [0.2, 0.25) is 0 Å². The minimum absolute atomic E-state index is 0.0384. The fourth-order valence-electron chi connectivity index (χ4n) is 1.77. The minimum Gasteiger partial charge on any atom is -0.444 e. The van der Waals surface area contributed by atoms with Crippen LogP contribution in [0.25, 0.3) is 0 Å². The summed E-state index contributed by atoms with van der Waals surface area (Å²) in [5, 5.41) is 3.58. The van der Waals surface area contributed by atoms with Crippen LogP contribution < -0.4 is 5.32 Å². The van der Waals surface area contributed by atoms with Crippen LogP contribution in [-0.4, -0.2) is 17.7 Å². The highest BCUT2D eigenvalue weighted by atomic mass is 35.5. The highest BCUT2D eigenvalue weighted by Gasteiger charge is 2.19. The Hall–Kier alpha value is -1.48. The quantitative estimate of drug-likeness (QED) is 0.820. The molecule has 1 rings (SSSR count). The topological polar surface area (TPSA) is 38.3 Å². The second-order valence-corrected chi connectivity index (χ2v) is 6.13. The summed E-state index contributed by atoms with van der Waals surface area (Å²) in [6.45, 7) is 9.25. The first kappa shape index (κ1) is 16.6. The number of carbonyl (C=O) groups is 1. The van der Waals surface area contributed by atoms with Gasteiger partial charge in [0, 0.05) is 11.1 Å². The van der Waals surface area contributed by atoms with Gasteiger partial charge >= 0.3 is 6.09 Å². The zero-order chi connectivity index (χ0) is 15.2. The van der Waals surface area contributed by atoms with Gasteiger partial charge < -0.3 is 10.1 Å². The highest BCUT2D eigenvalue weighted by molar-refractivity contribution is 6.30. The number of benzene rings is 1. The third-order valence-corrected chi connectivity index (χ3v) is 2.82. The maximum Gasteiger partial charge on any atom is 0.407 e. The predicted molar refractivity (Wildman–Crippen MR) is 83.1 cm³/mol. The van der Waals surface area contributed by atoms with Crippen LogP contribution in [0.1, 0.15) is 32.8 Å². The second kappa shape index (κ2) is 7.34. The summed E-state index contributed by atoms with van der Waals surface area (Å²) in [6.07, 6.45) is 2.78. The van der Waals surface area contributed by atoms with E-state index in [0.717, 1.165) is 5.56 Å². The maximum atomic E-state index is 11.8. The highest BCUT2D eigenvalue weighted by Crippen LogP contribution is 2.13. The lowest BCUT2D eigenvalue weighted by molar-refractivity contribution is 0.0504. The molecule has 1 aromatic rings. The molecule has 0 radical (unpaired) electrons. The third-order valence-electron chi connectivity index (χ3n) is 2.57. The standard InChI is InChI=1S/C16H22ClNO2/c1-5-6-14(18-15(19)20-16(2,3)4)11-12-7-9-13(17)10-8-12/h5,7-10,14H,1,6,11H2,2-4H3,(H,18,19). The van der Waals surface area contributed by atoms with Gasteiger partial charge in [0.05, 0.1) is 0 Å². The molecule has 1 N–H and O–H groups in total. The number of alkyl carbamates (subject to hydrolysis) is 1. The molecule has 1 amide bonds. The van der Waals surface area contributed by atoms with Gasteiger partial charge in [0.15, 0.2) is 0 Å². The smallest absolute Gasteiger partial charge is 0.407 e. The summed E-state index contributed by atoms with van der Waals surface area (Å²) in [5.41, 5.74) is 0.612. The Labute approximate surface area is 126 Å². The molecule has 0 bridgehead atoms. The van der Waals surface area contributed by atoms with Crippen molar-refractivity contribution < 1.29 is 9.53 Å². The normalized spacial score (nSPS) is 12.6. The number of nitrogens with one attached hydrogen (secondary N) is 1. The Bertz CT molecular complexity index is 449. The number of carbonyl (C=O) groups excluding carboxylic acids is 1. The van der Waals surface area contributed by atoms with E-state index in [1.807, 2.05) is 45.0 Å². The molecule has 0 saturated heterocycles. The van der Waals surface area contributed by atoms with E-state index < -0.39 is 11.7 Å². The number of rotatable bonds is 5. The fourth-order valence-corrected chi connectivity index (χ4v) is 1.90. The number of amides is 1. The van der Waals surface area contributed by atoms with Gasteiger partial charge in [-0.1, -0.05) is 29.8 Å². The van der Waals surface area contributed by atoms with Crippen LogP contribution >= 0.6 is 11.6 Å². The Kier molecular flexibility index (Phi) is 6.08. The molecule has 20 heavy (non-hydrogen) atoms. The van der Waals surface area contributed by atoms with Crippen molar-refractivity contribution >= 4 is 17.7 Å². The Morgan fingerprint density at radius 1 is 1.40 bits per heavy atom. The van der Waals surface area contributed by atoms with Crippen molar-refractivity contribution in [2.45, 2.75) is 45.3 Å². The second-order valence-electron chi connectivity index (χ2n) is 5.70. The van der Waals surface area contributed by atoms with Crippen LogP contribution in [0, 0.1) is 0 Å². The Balaban J connectivity index is 2.62. The van der Waals surface area contributed by atoms with Crippen LogP contribution in [0.3, 0.4) is 0 Å². The van der Waals surface area contributed by atoms with E-state index in [1.54, 1.807) is 6.08 Å². The molecule has 0 fully saturated rings. The van der Waals surface area contributed by atoms with Gasteiger partial charge in [-0.05, 0) is 51.3 Å². The van der Waals surface area contributed by atoms with Crippen molar-refractivity contribution in [3.8, 4) is 0 Å². The van der Waals surface area contributed by atoms with E-state index in [1.165, 1.54) is 0 Å². The van der Waals surface area contributed by atoms with Crippen LogP contribution in [0.4, 0.5) is 4.79 Å². The fraction of sp³-hybridized carbons (Fsp3) is 0.438. The first-order valence-electron chi connectivity index (χ1n) is 6.65. The molecule has 0 aliphatic rings. The molecule has 0 aliphatic carbocycles. The van der Waals surface area contributed by atoms with Gasteiger partial charge in [-0.25, -0.2) is 4.79 Å². The predicted octanol–water partition coefficient (Wildman–Crippen LogP) is 4.35. The molecule has 0 aromatic heterocycles. The molecule has 110 valence electrons. The molecule has 1 aromatic carbocycles. The Morgan fingerprint density at radius 3 is 2.50 bits per heavy atom. The summed E-state index contributed by atoms with van der Waals surface area (Å²) in [7, 11) is 0. The molecule has 3 nitrogen and oxygen atoms in total. The van der Waals surface area contributed by atoms with Crippen molar-refractivity contribution in [1.29, 1.82) is 0 Å². The molecule has 0 saturated carbocycles. The summed E-state index contributed by atoms with van der Waals surface area (Å²) in [5.74, 6) is 0. The summed E-state index contributed by atoms with van der Waals surface area (Å²) < 4.78 is 5.27. The van der Waals surface area contributed by atoms with E-state index >= 15 is 0 Å². The molecular weight excluding hydrogens is 274 g/mol. The zero-order valence-electron chi connectivity index (χ0n) is 12.3. The molecule has 0 aliphatic heterocycles.